The number of hydrogen-bond acceptors (Lipinski definition) is 8. The molecule has 0 atom stereocenters. The van der Waals surface area contributed by atoms with Crippen molar-refractivity contribution in [1.29, 1.82) is 0 Å². The van der Waals surface area contributed by atoms with Gasteiger partial charge in [-0.3, -0.25) is 9.78 Å². The first-order valence-electron chi connectivity index (χ1n) is 13.1. The van der Waals surface area contributed by atoms with E-state index in [1.54, 1.807) is 11.1 Å². The highest BCUT2D eigenvalue weighted by Gasteiger charge is 2.38. The zero-order valence-corrected chi connectivity index (χ0v) is 22.9. The van der Waals surface area contributed by atoms with E-state index in [1.165, 1.54) is 0 Å². The lowest BCUT2D eigenvalue weighted by Gasteiger charge is -2.28. The number of carboxylic acid groups (broad SMARTS) is 1. The minimum absolute atomic E-state index is 0.00735. The fourth-order valence-corrected chi connectivity index (χ4v) is 4.39. The Morgan fingerprint density at radius 1 is 1.07 bits per heavy atom. The van der Waals surface area contributed by atoms with E-state index in [0.29, 0.717) is 24.7 Å². The SMILES string of the molecule is CC(C)N(C)C(=O)c1cccc(-c2nc(N3CCOCC3)nc3c2CCN3c2cccnc2)c1.O=C(O)C(F)(F)F. The number of rotatable bonds is 5. The zero-order valence-electron chi connectivity index (χ0n) is 22.9. The molecule has 2 aliphatic heterocycles. The third kappa shape index (κ3) is 6.91. The quantitative estimate of drug-likeness (QED) is 0.481. The van der Waals surface area contributed by atoms with E-state index in [0.717, 1.165) is 54.4 Å². The number of benzene rings is 1. The highest BCUT2D eigenvalue weighted by Crippen LogP contribution is 2.39. The number of morpholine rings is 1. The Labute approximate surface area is 235 Å². The molecule has 0 bridgehead atoms. The van der Waals surface area contributed by atoms with Gasteiger partial charge in [0.25, 0.3) is 5.91 Å². The van der Waals surface area contributed by atoms with E-state index in [4.69, 9.17) is 24.6 Å². The lowest BCUT2D eigenvalue weighted by Crippen LogP contribution is -2.37. The van der Waals surface area contributed by atoms with Crippen molar-refractivity contribution in [2.45, 2.75) is 32.5 Å². The number of fused-ring (bicyclic) bond motifs is 1. The van der Waals surface area contributed by atoms with Crippen LogP contribution in [0.2, 0.25) is 0 Å². The number of carboxylic acids is 1. The molecule has 2 aromatic heterocycles. The summed E-state index contributed by atoms with van der Waals surface area (Å²) in [5.41, 5.74) is 4.60. The number of amides is 1. The van der Waals surface area contributed by atoms with Crippen LogP contribution in [0, 0.1) is 0 Å². The van der Waals surface area contributed by atoms with Gasteiger partial charge in [0.2, 0.25) is 5.95 Å². The minimum atomic E-state index is -5.08. The lowest BCUT2D eigenvalue weighted by molar-refractivity contribution is -0.192. The van der Waals surface area contributed by atoms with Crippen LogP contribution in [0.5, 0.6) is 0 Å². The van der Waals surface area contributed by atoms with Crippen molar-refractivity contribution >= 4 is 29.3 Å². The second kappa shape index (κ2) is 12.5. The number of hydrogen-bond donors (Lipinski definition) is 1. The maximum atomic E-state index is 13.0. The highest BCUT2D eigenvalue weighted by atomic mass is 19.4. The second-order valence-electron chi connectivity index (χ2n) is 9.78. The van der Waals surface area contributed by atoms with Gasteiger partial charge in [0.1, 0.15) is 5.82 Å². The van der Waals surface area contributed by atoms with Crippen LogP contribution in [0.15, 0.2) is 48.8 Å². The van der Waals surface area contributed by atoms with Crippen molar-refractivity contribution in [3.8, 4) is 11.3 Å². The Morgan fingerprint density at radius 2 is 1.78 bits per heavy atom. The topological polar surface area (TPSA) is 112 Å². The van der Waals surface area contributed by atoms with Gasteiger partial charge in [-0.2, -0.15) is 18.2 Å². The third-order valence-electron chi connectivity index (χ3n) is 6.79. The Kier molecular flexibility index (Phi) is 9.06. The van der Waals surface area contributed by atoms with Crippen LogP contribution in [-0.4, -0.2) is 88.9 Å². The molecule has 0 saturated carbocycles. The molecule has 1 fully saturated rings. The summed E-state index contributed by atoms with van der Waals surface area (Å²) in [6.07, 6.45) is -0.610. The molecule has 4 heterocycles. The van der Waals surface area contributed by atoms with E-state index in [9.17, 15) is 18.0 Å². The van der Waals surface area contributed by atoms with Gasteiger partial charge in [-0.05, 0) is 44.5 Å². The average molecular weight is 573 g/mol. The largest absolute Gasteiger partial charge is 0.490 e. The van der Waals surface area contributed by atoms with Crippen molar-refractivity contribution in [2.24, 2.45) is 0 Å². The van der Waals surface area contributed by atoms with E-state index in [1.807, 2.05) is 57.4 Å². The molecular weight excluding hydrogens is 541 g/mol. The van der Waals surface area contributed by atoms with Gasteiger partial charge in [0.15, 0.2) is 0 Å². The van der Waals surface area contributed by atoms with Crippen LogP contribution in [0.1, 0.15) is 29.8 Å². The summed E-state index contributed by atoms with van der Waals surface area (Å²) in [4.78, 5) is 42.4. The third-order valence-corrected chi connectivity index (χ3v) is 6.79. The summed E-state index contributed by atoms with van der Waals surface area (Å²) in [7, 11) is 1.84. The molecule has 41 heavy (non-hydrogen) atoms. The highest BCUT2D eigenvalue weighted by molar-refractivity contribution is 5.95. The van der Waals surface area contributed by atoms with Crippen LogP contribution in [0.25, 0.3) is 11.3 Å². The predicted molar refractivity (Wildman–Crippen MR) is 146 cm³/mol. The molecule has 2 aliphatic rings. The summed E-state index contributed by atoms with van der Waals surface area (Å²) in [6, 6.07) is 11.9. The lowest BCUT2D eigenvalue weighted by atomic mass is 10.0. The number of aliphatic carboxylic acids is 1. The Bertz CT molecular complexity index is 1380. The fourth-order valence-electron chi connectivity index (χ4n) is 4.39. The molecule has 0 aliphatic carbocycles. The van der Waals surface area contributed by atoms with Crippen molar-refractivity contribution in [1.82, 2.24) is 19.9 Å². The number of halogens is 3. The summed E-state index contributed by atoms with van der Waals surface area (Å²) in [5.74, 6) is -1.14. The summed E-state index contributed by atoms with van der Waals surface area (Å²) >= 11 is 0. The molecule has 0 spiro atoms. The van der Waals surface area contributed by atoms with Crippen LogP contribution >= 0.6 is 0 Å². The molecule has 1 aromatic carbocycles. The first kappa shape index (κ1) is 29.7. The summed E-state index contributed by atoms with van der Waals surface area (Å²) in [6.45, 7) is 7.66. The molecule has 0 unspecified atom stereocenters. The number of ether oxygens (including phenoxy) is 1. The molecule has 218 valence electrons. The van der Waals surface area contributed by atoms with Gasteiger partial charge in [0.05, 0.1) is 30.8 Å². The van der Waals surface area contributed by atoms with Crippen LogP contribution in [-0.2, 0) is 16.0 Å². The minimum Gasteiger partial charge on any atom is -0.475 e. The van der Waals surface area contributed by atoms with Crippen LogP contribution < -0.4 is 9.80 Å². The van der Waals surface area contributed by atoms with Gasteiger partial charge in [-0.1, -0.05) is 12.1 Å². The molecule has 5 rings (SSSR count). The summed E-state index contributed by atoms with van der Waals surface area (Å²) < 4.78 is 37.3. The van der Waals surface area contributed by atoms with E-state index < -0.39 is 12.1 Å². The van der Waals surface area contributed by atoms with Crippen molar-refractivity contribution in [3.63, 3.8) is 0 Å². The fraction of sp³-hybridized carbons (Fsp3) is 0.393. The standard InChI is InChI=1S/C26H30N6O2.C2HF3O2/c1-18(2)30(3)25(33)20-7-4-6-19(16-20)23-22-9-11-32(21-8-5-10-27-17-21)24(22)29-26(28-23)31-12-14-34-15-13-31;3-2(4,5)1(6)7/h4-8,10,16-18H,9,11-15H2,1-3H3;(H,6,7). The van der Waals surface area contributed by atoms with Crippen LogP contribution in [0.3, 0.4) is 0 Å². The average Bonchev–Trinajstić information content (AvgIpc) is 3.41. The second-order valence-corrected chi connectivity index (χ2v) is 9.78. The monoisotopic (exact) mass is 572 g/mol. The van der Waals surface area contributed by atoms with Gasteiger partial charge in [-0.25, -0.2) is 9.78 Å². The number of alkyl halides is 3. The Balaban J connectivity index is 0.000000493. The van der Waals surface area contributed by atoms with E-state index >= 15 is 0 Å². The number of nitrogens with zero attached hydrogens (tertiary/aromatic N) is 6. The van der Waals surface area contributed by atoms with E-state index in [-0.39, 0.29) is 11.9 Å². The maximum absolute atomic E-state index is 13.0. The van der Waals surface area contributed by atoms with Crippen molar-refractivity contribution in [3.05, 3.63) is 59.9 Å². The van der Waals surface area contributed by atoms with E-state index in [2.05, 4.69) is 20.9 Å². The predicted octanol–water partition coefficient (Wildman–Crippen LogP) is 4.18. The van der Waals surface area contributed by atoms with Gasteiger partial charge < -0.3 is 24.5 Å². The normalized spacial score (nSPS) is 14.8. The number of carbonyl (C=O) groups is 2. The first-order valence-corrected chi connectivity index (χ1v) is 13.1. The van der Waals surface area contributed by atoms with Crippen LogP contribution in [0.4, 0.5) is 30.6 Å². The molecule has 1 amide bonds. The molecule has 13 heteroatoms. The van der Waals surface area contributed by atoms with Gasteiger partial charge in [-0.15, -0.1) is 0 Å². The first-order chi connectivity index (χ1) is 19.5. The maximum Gasteiger partial charge on any atom is 0.490 e. The Morgan fingerprint density at radius 3 is 2.39 bits per heavy atom. The van der Waals surface area contributed by atoms with Gasteiger partial charge >= 0.3 is 12.1 Å². The Hall–Kier alpha value is -4.26. The number of anilines is 3. The molecule has 3 aromatic rings. The van der Waals surface area contributed by atoms with Gasteiger partial charge in [0, 0.05) is 55.6 Å². The number of carbonyl (C=O) groups excluding carboxylic acids is 1. The smallest absolute Gasteiger partial charge is 0.475 e. The molecule has 10 nitrogen and oxygen atoms in total. The van der Waals surface area contributed by atoms with Crippen molar-refractivity contribution in [2.75, 3.05) is 49.7 Å². The summed E-state index contributed by atoms with van der Waals surface area (Å²) in [5, 5.41) is 7.12. The molecule has 0 radical (unpaired) electrons. The molecule has 1 N–H and O–H groups in total. The number of pyridine rings is 1. The number of aromatic nitrogens is 3. The molecule has 1 saturated heterocycles. The zero-order chi connectivity index (χ0) is 29.7. The molecular formula is C28H31F3N6O4. The van der Waals surface area contributed by atoms with Crippen molar-refractivity contribution < 1.29 is 32.6 Å².